The Bertz CT molecular complexity index is 1170. The summed E-state index contributed by atoms with van der Waals surface area (Å²) in [5.41, 5.74) is 0.586. The number of benzene rings is 1. The molecule has 0 aliphatic carbocycles. The van der Waals surface area contributed by atoms with Gasteiger partial charge in [0.2, 0.25) is 5.91 Å². The van der Waals surface area contributed by atoms with Crippen LogP contribution < -0.4 is 16.6 Å². The van der Waals surface area contributed by atoms with Crippen molar-refractivity contribution in [2.75, 3.05) is 5.32 Å². The predicted molar refractivity (Wildman–Crippen MR) is 110 cm³/mol. The number of Topliss-reactive ketones (excluding diaryl/α,β-unsaturated/α-hetero) is 1. The SMILES string of the molecule is CC(=O)c1cccc(NC(=O)Cn2c(=O)n(CC(C)C)c(=O)c3sccc32)c1. The van der Waals surface area contributed by atoms with Crippen LogP contribution in [0.15, 0.2) is 45.3 Å². The summed E-state index contributed by atoms with van der Waals surface area (Å²) in [5, 5.41) is 4.44. The lowest BCUT2D eigenvalue weighted by atomic mass is 10.1. The van der Waals surface area contributed by atoms with Crippen molar-refractivity contribution in [2.45, 2.75) is 33.9 Å². The van der Waals surface area contributed by atoms with Gasteiger partial charge in [0.15, 0.2) is 5.78 Å². The maximum absolute atomic E-state index is 12.9. The average Bonchev–Trinajstić information content (AvgIpc) is 3.12. The van der Waals surface area contributed by atoms with Crippen LogP contribution in [0.3, 0.4) is 0 Å². The van der Waals surface area contributed by atoms with Crippen molar-refractivity contribution < 1.29 is 9.59 Å². The second kappa shape index (κ2) is 7.93. The molecule has 0 saturated carbocycles. The number of ketones is 1. The quantitative estimate of drug-likeness (QED) is 0.646. The van der Waals surface area contributed by atoms with E-state index in [9.17, 15) is 19.2 Å². The molecule has 0 aliphatic heterocycles. The molecular weight excluding hydrogens is 378 g/mol. The van der Waals surface area contributed by atoms with Crippen LogP contribution in [0.5, 0.6) is 0 Å². The van der Waals surface area contributed by atoms with Crippen molar-refractivity contribution in [3.63, 3.8) is 0 Å². The summed E-state index contributed by atoms with van der Waals surface area (Å²) in [6, 6.07) is 8.28. The number of aromatic nitrogens is 2. The zero-order valence-electron chi connectivity index (χ0n) is 15.9. The Morgan fingerprint density at radius 2 is 1.89 bits per heavy atom. The predicted octanol–water partition coefficient (Wildman–Crippen LogP) is 2.72. The topological polar surface area (TPSA) is 90.2 Å². The molecule has 28 heavy (non-hydrogen) atoms. The molecule has 1 N–H and O–H groups in total. The monoisotopic (exact) mass is 399 g/mol. The van der Waals surface area contributed by atoms with Crippen LogP contribution in [0.1, 0.15) is 31.1 Å². The number of fused-ring (bicyclic) bond motifs is 1. The minimum atomic E-state index is -0.503. The third kappa shape index (κ3) is 3.96. The molecule has 146 valence electrons. The van der Waals surface area contributed by atoms with Crippen molar-refractivity contribution in [3.05, 3.63) is 62.1 Å². The van der Waals surface area contributed by atoms with Crippen LogP contribution in [0.4, 0.5) is 5.69 Å². The number of nitrogens with zero attached hydrogens (tertiary/aromatic N) is 2. The number of hydrogen-bond acceptors (Lipinski definition) is 5. The smallest absolute Gasteiger partial charge is 0.325 e. The van der Waals surface area contributed by atoms with Gasteiger partial charge in [0.05, 0.1) is 5.52 Å². The molecule has 0 bridgehead atoms. The lowest BCUT2D eigenvalue weighted by molar-refractivity contribution is -0.116. The third-order valence-corrected chi connectivity index (χ3v) is 5.13. The molecule has 1 aromatic carbocycles. The first-order valence-electron chi connectivity index (χ1n) is 8.89. The molecule has 2 heterocycles. The Morgan fingerprint density at radius 1 is 1.14 bits per heavy atom. The van der Waals surface area contributed by atoms with Crippen molar-refractivity contribution in [3.8, 4) is 0 Å². The maximum atomic E-state index is 12.9. The molecule has 8 heteroatoms. The Morgan fingerprint density at radius 3 is 2.57 bits per heavy atom. The van der Waals surface area contributed by atoms with Crippen LogP contribution in [-0.2, 0) is 17.9 Å². The van der Waals surface area contributed by atoms with Gasteiger partial charge in [-0.15, -0.1) is 11.3 Å². The lowest BCUT2D eigenvalue weighted by Crippen LogP contribution is -2.42. The summed E-state index contributed by atoms with van der Waals surface area (Å²) >= 11 is 1.25. The molecule has 1 amide bonds. The van der Waals surface area contributed by atoms with Gasteiger partial charge in [-0.25, -0.2) is 4.79 Å². The van der Waals surface area contributed by atoms with Crippen molar-refractivity contribution in [1.29, 1.82) is 0 Å². The molecule has 7 nitrogen and oxygen atoms in total. The van der Waals surface area contributed by atoms with E-state index in [0.29, 0.717) is 21.5 Å². The zero-order valence-corrected chi connectivity index (χ0v) is 16.7. The fourth-order valence-electron chi connectivity index (χ4n) is 2.97. The van der Waals surface area contributed by atoms with E-state index in [1.807, 2.05) is 13.8 Å². The number of thiophene rings is 1. The lowest BCUT2D eigenvalue weighted by Gasteiger charge is -2.13. The first-order chi connectivity index (χ1) is 13.3. The molecular formula is C20H21N3O4S. The zero-order chi connectivity index (χ0) is 20.4. The Labute approximate surface area is 165 Å². The molecule has 2 aromatic heterocycles. The average molecular weight is 399 g/mol. The molecule has 0 fully saturated rings. The molecule has 0 aliphatic rings. The van der Waals surface area contributed by atoms with Crippen molar-refractivity contribution in [1.82, 2.24) is 9.13 Å². The molecule has 3 aromatic rings. The van der Waals surface area contributed by atoms with E-state index in [0.717, 1.165) is 0 Å². The van der Waals surface area contributed by atoms with E-state index in [1.165, 1.54) is 27.4 Å². The largest absolute Gasteiger partial charge is 0.332 e. The highest BCUT2D eigenvalue weighted by molar-refractivity contribution is 7.17. The number of amides is 1. The maximum Gasteiger partial charge on any atom is 0.332 e. The number of anilines is 1. The number of carbonyl (C=O) groups excluding carboxylic acids is 2. The number of hydrogen-bond donors (Lipinski definition) is 1. The number of nitrogens with one attached hydrogen (secondary N) is 1. The van der Waals surface area contributed by atoms with Crippen molar-refractivity contribution >= 4 is 38.9 Å². The summed E-state index contributed by atoms with van der Waals surface area (Å²) in [5.74, 6) is -0.405. The minimum absolute atomic E-state index is 0.104. The third-order valence-electron chi connectivity index (χ3n) is 4.24. The van der Waals surface area contributed by atoms with Gasteiger partial charge in [-0.05, 0) is 36.4 Å². The molecule has 0 spiro atoms. The summed E-state index contributed by atoms with van der Waals surface area (Å²) in [6.07, 6.45) is 0. The number of carbonyl (C=O) groups is 2. The fraction of sp³-hybridized carbons (Fsp3) is 0.300. The summed E-state index contributed by atoms with van der Waals surface area (Å²) in [7, 11) is 0. The standard InChI is InChI=1S/C20H21N3O4S/c1-12(2)10-23-19(26)18-16(7-8-28-18)22(20(23)27)11-17(25)21-15-6-4-5-14(9-15)13(3)24/h4-9,12H,10-11H2,1-3H3,(H,21,25). The normalized spacial score (nSPS) is 11.1. The fourth-order valence-corrected chi connectivity index (χ4v) is 3.82. The second-order valence-corrected chi connectivity index (χ2v) is 7.91. The van der Waals surface area contributed by atoms with E-state index in [2.05, 4.69) is 5.32 Å². The van der Waals surface area contributed by atoms with Gasteiger partial charge < -0.3 is 5.32 Å². The summed E-state index contributed by atoms with van der Waals surface area (Å²) in [4.78, 5) is 49.5. The van der Waals surface area contributed by atoms with Crippen LogP contribution in [0.25, 0.3) is 10.2 Å². The second-order valence-electron chi connectivity index (χ2n) is 7.00. The van der Waals surface area contributed by atoms with Gasteiger partial charge >= 0.3 is 5.69 Å². The van der Waals surface area contributed by atoms with E-state index < -0.39 is 11.6 Å². The van der Waals surface area contributed by atoms with E-state index in [-0.39, 0.29) is 30.3 Å². The Kier molecular flexibility index (Phi) is 5.60. The van der Waals surface area contributed by atoms with E-state index >= 15 is 0 Å². The number of rotatable bonds is 6. The Hall–Kier alpha value is -3.00. The van der Waals surface area contributed by atoms with Crippen molar-refractivity contribution in [2.24, 2.45) is 5.92 Å². The highest BCUT2D eigenvalue weighted by atomic mass is 32.1. The summed E-state index contributed by atoms with van der Waals surface area (Å²) < 4.78 is 2.96. The molecule has 3 rings (SSSR count). The highest BCUT2D eigenvalue weighted by Gasteiger charge is 2.17. The van der Waals surface area contributed by atoms with Gasteiger partial charge in [0, 0.05) is 17.8 Å². The van der Waals surface area contributed by atoms with E-state index in [1.54, 1.807) is 35.7 Å². The van der Waals surface area contributed by atoms with Crippen LogP contribution in [0.2, 0.25) is 0 Å². The van der Waals surface area contributed by atoms with Gasteiger partial charge in [0.1, 0.15) is 11.2 Å². The van der Waals surface area contributed by atoms with Gasteiger partial charge in [-0.2, -0.15) is 0 Å². The van der Waals surface area contributed by atoms with Gasteiger partial charge in [0.25, 0.3) is 5.56 Å². The first kappa shape index (κ1) is 19.8. The molecule has 0 radical (unpaired) electrons. The first-order valence-corrected chi connectivity index (χ1v) is 9.77. The van der Waals surface area contributed by atoms with Gasteiger partial charge in [-0.3, -0.25) is 23.5 Å². The van der Waals surface area contributed by atoms with Gasteiger partial charge in [-0.1, -0.05) is 26.0 Å². The molecule has 0 saturated heterocycles. The van der Waals surface area contributed by atoms with Crippen LogP contribution in [0, 0.1) is 5.92 Å². The Balaban J connectivity index is 1.96. The molecule has 0 atom stereocenters. The minimum Gasteiger partial charge on any atom is -0.325 e. The summed E-state index contributed by atoms with van der Waals surface area (Å²) in [6.45, 7) is 5.35. The highest BCUT2D eigenvalue weighted by Crippen LogP contribution is 2.16. The van der Waals surface area contributed by atoms with Crippen LogP contribution in [-0.4, -0.2) is 20.8 Å². The molecule has 0 unspecified atom stereocenters. The van der Waals surface area contributed by atoms with Crippen LogP contribution >= 0.6 is 11.3 Å². The van der Waals surface area contributed by atoms with E-state index in [4.69, 9.17) is 0 Å².